The van der Waals surface area contributed by atoms with Crippen molar-refractivity contribution in [2.24, 2.45) is 0 Å². The lowest BCUT2D eigenvalue weighted by Crippen LogP contribution is -2.34. The zero-order chi connectivity index (χ0) is 25.9. The van der Waals surface area contributed by atoms with E-state index in [9.17, 15) is 4.79 Å². The van der Waals surface area contributed by atoms with Crippen LogP contribution >= 0.6 is 11.3 Å². The van der Waals surface area contributed by atoms with Crippen molar-refractivity contribution in [1.82, 2.24) is 29.7 Å². The van der Waals surface area contributed by atoms with Crippen LogP contribution in [0.4, 0.5) is 11.5 Å². The van der Waals surface area contributed by atoms with Gasteiger partial charge in [0.25, 0.3) is 0 Å². The maximum atomic E-state index is 12.7. The van der Waals surface area contributed by atoms with Crippen molar-refractivity contribution in [2.45, 2.75) is 26.8 Å². The van der Waals surface area contributed by atoms with Crippen LogP contribution < -0.4 is 10.1 Å². The van der Waals surface area contributed by atoms with Crippen LogP contribution in [0.5, 0.6) is 11.5 Å². The third-order valence-electron chi connectivity index (χ3n) is 6.10. The number of carbonyl (C=O) groups is 1. The average Bonchev–Trinajstić information content (AvgIpc) is 3.25. The van der Waals surface area contributed by atoms with Crippen molar-refractivity contribution in [1.29, 1.82) is 0 Å². The van der Waals surface area contributed by atoms with Gasteiger partial charge in [0, 0.05) is 29.7 Å². The Kier molecular flexibility index (Phi) is 7.11. The summed E-state index contributed by atoms with van der Waals surface area (Å²) in [4.78, 5) is 36.1. The van der Waals surface area contributed by atoms with Crippen molar-refractivity contribution < 1.29 is 9.53 Å². The average molecular weight is 516 g/mol. The van der Waals surface area contributed by atoms with E-state index in [1.807, 2.05) is 62.0 Å². The predicted molar refractivity (Wildman–Crippen MR) is 146 cm³/mol. The molecule has 0 spiro atoms. The molecule has 0 saturated carbocycles. The Morgan fingerprint density at radius 2 is 2.00 bits per heavy atom. The first-order valence-electron chi connectivity index (χ1n) is 12.1. The highest BCUT2D eigenvalue weighted by molar-refractivity contribution is 7.19. The normalized spacial score (nSPS) is 13.4. The quantitative estimate of drug-likeness (QED) is 0.356. The van der Waals surface area contributed by atoms with Gasteiger partial charge >= 0.3 is 0 Å². The molecule has 0 saturated heterocycles. The first kappa shape index (κ1) is 24.8. The third-order valence-corrected chi connectivity index (χ3v) is 7.23. The van der Waals surface area contributed by atoms with Crippen LogP contribution in [-0.4, -0.2) is 62.8 Å². The highest BCUT2D eigenvalue weighted by Crippen LogP contribution is 2.38. The monoisotopic (exact) mass is 515 g/mol. The molecule has 4 aromatic rings. The van der Waals surface area contributed by atoms with Crippen LogP contribution in [0.2, 0.25) is 0 Å². The Balaban J connectivity index is 1.34. The number of likely N-dealkylation sites (N-methyl/N-ethyl adjacent to an activating group) is 1. The number of aryl methyl sites for hydroxylation is 2. The van der Waals surface area contributed by atoms with Crippen molar-refractivity contribution in [2.75, 3.05) is 32.5 Å². The number of nitrogens with one attached hydrogen (secondary N) is 1. The largest absolute Gasteiger partial charge is 0.454 e. The second-order valence-corrected chi connectivity index (χ2v) is 10.3. The number of anilines is 2. The van der Waals surface area contributed by atoms with E-state index in [0.717, 1.165) is 46.0 Å². The molecule has 9 nitrogen and oxygen atoms in total. The molecular formula is C27H29N7O2S. The van der Waals surface area contributed by atoms with Crippen LogP contribution in [0, 0.1) is 13.8 Å². The van der Waals surface area contributed by atoms with Gasteiger partial charge in [0.05, 0.1) is 24.3 Å². The van der Waals surface area contributed by atoms with Gasteiger partial charge in [0.2, 0.25) is 5.91 Å². The maximum Gasteiger partial charge on any atom is 0.246 e. The fourth-order valence-corrected chi connectivity index (χ4v) is 5.42. The second-order valence-electron chi connectivity index (χ2n) is 9.25. The molecule has 4 heterocycles. The van der Waals surface area contributed by atoms with Crippen molar-refractivity contribution in [3.8, 4) is 11.5 Å². The molecule has 1 aliphatic rings. The molecule has 0 unspecified atom stereocenters. The van der Waals surface area contributed by atoms with E-state index in [4.69, 9.17) is 4.74 Å². The van der Waals surface area contributed by atoms with Crippen LogP contribution in [0.15, 0.2) is 49.1 Å². The van der Waals surface area contributed by atoms with E-state index >= 15 is 0 Å². The number of nitrogens with zero attached hydrogens (tertiary/aromatic N) is 6. The van der Waals surface area contributed by atoms with Gasteiger partial charge in [0.15, 0.2) is 5.75 Å². The number of amides is 1. The lowest BCUT2D eigenvalue weighted by molar-refractivity contribution is -0.126. The first-order valence-corrected chi connectivity index (χ1v) is 12.9. The third kappa shape index (κ3) is 5.60. The van der Waals surface area contributed by atoms with E-state index in [-0.39, 0.29) is 5.91 Å². The number of ether oxygens (including phenoxy) is 1. The standard InChI is InChI=1S/C27H29N7O2S/c1-17-12-19(7-8-22(17)36-20-13-28-18(2)29-14-20)32-26-25-21-9-11-34(24(35)6-5-10-33(3)4)15-23(21)37-27(25)31-16-30-26/h5-8,12-14,16H,9-11,15H2,1-4H3,(H,30,31,32)/b6-5+. The summed E-state index contributed by atoms with van der Waals surface area (Å²) in [7, 11) is 3.96. The number of rotatable bonds is 7. The molecule has 1 aliphatic heterocycles. The van der Waals surface area contributed by atoms with Gasteiger partial charge in [0.1, 0.15) is 28.5 Å². The smallest absolute Gasteiger partial charge is 0.246 e. The van der Waals surface area contributed by atoms with Gasteiger partial charge in [-0.05, 0) is 63.7 Å². The minimum absolute atomic E-state index is 0.0457. The molecule has 0 fully saturated rings. The summed E-state index contributed by atoms with van der Waals surface area (Å²) in [6.07, 6.45) is 9.27. The summed E-state index contributed by atoms with van der Waals surface area (Å²) >= 11 is 1.63. The molecule has 1 aromatic carbocycles. The highest BCUT2D eigenvalue weighted by Gasteiger charge is 2.25. The number of fused-ring (bicyclic) bond motifs is 3. The highest BCUT2D eigenvalue weighted by atomic mass is 32.1. The fourth-order valence-electron chi connectivity index (χ4n) is 4.22. The molecule has 190 valence electrons. The molecular weight excluding hydrogens is 486 g/mol. The van der Waals surface area contributed by atoms with Gasteiger partial charge in [-0.1, -0.05) is 6.08 Å². The predicted octanol–water partition coefficient (Wildman–Crippen LogP) is 4.64. The number of aromatic nitrogens is 4. The minimum atomic E-state index is 0.0457. The van der Waals surface area contributed by atoms with Gasteiger partial charge < -0.3 is 19.9 Å². The Labute approximate surface area is 219 Å². The molecule has 1 amide bonds. The van der Waals surface area contributed by atoms with E-state index in [2.05, 4.69) is 25.3 Å². The van der Waals surface area contributed by atoms with Gasteiger partial charge in [-0.25, -0.2) is 19.9 Å². The topological polar surface area (TPSA) is 96.4 Å². The van der Waals surface area contributed by atoms with Crippen molar-refractivity contribution in [3.05, 3.63) is 70.9 Å². The molecule has 5 rings (SSSR count). The molecule has 0 aliphatic carbocycles. The molecule has 0 atom stereocenters. The first-order chi connectivity index (χ1) is 17.9. The summed E-state index contributed by atoms with van der Waals surface area (Å²) in [5, 5.41) is 4.51. The van der Waals surface area contributed by atoms with E-state index in [0.29, 0.717) is 24.7 Å². The number of hydrogen-bond donors (Lipinski definition) is 1. The summed E-state index contributed by atoms with van der Waals surface area (Å²) in [5.41, 5.74) is 3.10. The lowest BCUT2D eigenvalue weighted by Gasteiger charge is -2.26. The minimum Gasteiger partial charge on any atom is -0.454 e. The van der Waals surface area contributed by atoms with Crippen LogP contribution in [-0.2, 0) is 17.8 Å². The Morgan fingerprint density at radius 1 is 1.19 bits per heavy atom. The summed E-state index contributed by atoms with van der Waals surface area (Å²) in [6, 6.07) is 5.91. The SMILES string of the molecule is Cc1ncc(Oc2ccc(Nc3ncnc4sc5c(c34)CCN(C(=O)/C=C/CN(C)C)C5)cc2C)cn1. The number of hydrogen-bond acceptors (Lipinski definition) is 9. The Bertz CT molecular complexity index is 1460. The summed E-state index contributed by atoms with van der Waals surface area (Å²) < 4.78 is 5.95. The van der Waals surface area contributed by atoms with Crippen LogP contribution in [0.25, 0.3) is 10.2 Å². The molecule has 0 bridgehead atoms. The molecule has 0 radical (unpaired) electrons. The van der Waals surface area contributed by atoms with E-state index in [1.165, 1.54) is 10.4 Å². The van der Waals surface area contributed by atoms with Gasteiger partial charge in [-0.3, -0.25) is 4.79 Å². The van der Waals surface area contributed by atoms with E-state index in [1.54, 1.807) is 36.1 Å². The summed E-state index contributed by atoms with van der Waals surface area (Å²) in [6.45, 7) is 5.84. The number of carbonyl (C=O) groups excluding carboxylic acids is 1. The molecule has 10 heteroatoms. The lowest BCUT2D eigenvalue weighted by atomic mass is 10.0. The zero-order valence-corrected chi connectivity index (χ0v) is 22.2. The Morgan fingerprint density at radius 3 is 2.76 bits per heavy atom. The van der Waals surface area contributed by atoms with Crippen LogP contribution in [0.3, 0.4) is 0 Å². The second kappa shape index (κ2) is 10.6. The zero-order valence-electron chi connectivity index (χ0n) is 21.4. The Hall–Kier alpha value is -3.89. The molecule has 3 aromatic heterocycles. The van der Waals surface area contributed by atoms with Crippen molar-refractivity contribution in [3.63, 3.8) is 0 Å². The molecule has 37 heavy (non-hydrogen) atoms. The number of benzene rings is 1. The number of thiophene rings is 1. The fraction of sp³-hybridized carbons (Fsp3) is 0.296. The molecule has 1 N–H and O–H groups in total. The van der Waals surface area contributed by atoms with Crippen molar-refractivity contribution >= 4 is 39.0 Å². The van der Waals surface area contributed by atoms with Gasteiger partial charge in [-0.2, -0.15) is 0 Å². The van der Waals surface area contributed by atoms with E-state index < -0.39 is 0 Å². The maximum absolute atomic E-state index is 12.7. The van der Waals surface area contributed by atoms with Crippen LogP contribution in [0.1, 0.15) is 21.8 Å². The summed E-state index contributed by atoms with van der Waals surface area (Å²) in [5.74, 6) is 2.85. The van der Waals surface area contributed by atoms with Gasteiger partial charge in [-0.15, -0.1) is 11.3 Å².